The number of rotatable bonds is 6. The third-order valence-electron chi connectivity index (χ3n) is 4.36. The van der Waals surface area contributed by atoms with Crippen LogP contribution in [0.4, 0.5) is 0 Å². The second kappa shape index (κ2) is 7.40. The molecule has 0 spiro atoms. The van der Waals surface area contributed by atoms with Gasteiger partial charge in [0, 0.05) is 31.6 Å². The van der Waals surface area contributed by atoms with E-state index in [9.17, 15) is 9.59 Å². The molecule has 1 aliphatic heterocycles. The minimum Gasteiger partial charge on any atom is -0.481 e. The zero-order valence-electron chi connectivity index (χ0n) is 12.9. The molecule has 5 heteroatoms. The van der Waals surface area contributed by atoms with Crippen LogP contribution in [-0.4, -0.2) is 36.7 Å². The number of carboxylic acid groups (broad SMARTS) is 1. The number of hydrogen-bond donors (Lipinski definition) is 2. The first-order valence-corrected chi connectivity index (χ1v) is 7.66. The van der Waals surface area contributed by atoms with Crippen molar-refractivity contribution in [3.63, 3.8) is 0 Å². The van der Waals surface area contributed by atoms with Crippen molar-refractivity contribution in [3.05, 3.63) is 35.4 Å². The topological polar surface area (TPSA) is 75.6 Å². The Hall–Kier alpha value is -1.88. The van der Waals surface area contributed by atoms with Crippen molar-refractivity contribution in [2.45, 2.75) is 38.0 Å². The van der Waals surface area contributed by atoms with Crippen molar-refractivity contribution in [3.8, 4) is 0 Å². The van der Waals surface area contributed by atoms with Gasteiger partial charge in [-0.25, -0.2) is 0 Å². The van der Waals surface area contributed by atoms with Crippen molar-refractivity contribution in [1.82, 2.24) is 5.32 Å². The first-order chi connectivity index (χ1) is 10.5. The normalized spacial score (nSPS) is 17.0. The highest BCUT2D eigenvalue weighted by molar-refractivity contribution is 5.80. The van der Waals surface area contributed by atoms with Crippen LogP contribution >= 0.6 is 0 Å². The molecule has 0 saturated carbocycles. The molecule has 1 aromatic carbocycles. The van der Waals surface area contributed by atoms with Gasteiger partial charge in [-0.15, -0.1) is 0 Å². The Balaban J connectivity index is 2.08. The number of carbonyl (C=O) groups is 2. The summed E-state index contributed by atoms with van der Waals surface area (Å²) in [5.74, 6) is -1.16. The van der Waals surface area contributed by atoms with E-state index < -0.39 is 5.97 Å². The Labute approximate surface area is 130 Å². The fourth-order valence-electron chi connectivity index (χ4n) is 3.05. The monoisotopic (exact) mass is 305 g/mol. The molecule has 1 fully saturated rings. The summed E-state index contributed by atoms with van der Waals surface area (Å²) in [6, 6.07) is 8.23. The van der Waals surface area contributed by atoms with Gasteiger partial charge in [0.2, 0.25) is 5.91 Å². The van der Waals surface area contributed by atoms with E-state index in [0.29, 0.717) is 19.8 Å². The van der Waals surface area contributed by atoms with Gasteiger partial charge in [0.1, 0.15) is 0 Å². The fourth-order valence-corrected chi connectivity index (χ4v) is 3.05. The maximum absolute atomic E-state index is 11.8. The third-order valence-corrected chi connectivity index (χ3v) is 4.36. The van der Waals surface area contributed by atoms with Gasteiger partial charge in [0.25, 0.3) is 0 Å². The van der Waals surface area contributed by atoms with E-state index in [1.807, 2.05) is 12.1 Å². The van der Waals surface area contributed by atoms with E-state index in [1.54, 1.807) is 0 Å². The molecule has 0 atom stereocenters. The van der Waals surface area contributed by atoms with Gasteiger partial charge in [0.15, 0.2) is 0 Å². The molecule has 0 radical (unpaired) electrons. The van der Waals surface area contributed by atoms with Crippen molar-refractivity contribution in [2.75, 3.05) is 19.8 Å². The number of carboxylic acids is 1. The first-order valence-electron chi connectivity index (χ1n) is 7.66. The standard InChI is InChI=1S/C17H23NO4/c1-13-4-2-3-5-14(13)17(8-10-22-11-9-17)12-18-15(19)6-7-16(20)21/h2-5H,6-12H2,1H3,(H,18,19)(H,20,21). The smallest absolute Gasteiger partial charge is 0.303 e. The molecule has 0 unspecified atom stereocenters. The molecular formula is C17H23NO4. The van der Waals surface area contributed by atoms with Gasteiger partial charge < -0.3 is 15.2 Å². The van der Waals surface area contributed by atoms with Crippen LogP contribution in [0.5, 0.6) is 0 Å². The number of aliphatic carboxylic acids is 1. The van der Waals surface area contributed by atoms with E-state index in [-0.39, 0.29) is 24.2 Å². The van der Waals surface area contributed by atoms with Gasteiger partial charge in [0.05, 0.1) is 6.42 Å². The number of carbonyl (C=O) groups excluding carboxylic acids is 1. The van der Waals surface area contributed by atoms with Gasteiger partial charge in [-0.2, -0.15) is 0 Å². The number of aryl methyl sites for hydroxylation is 1. The molecule has 0 aromatic heterocycles. The quantitative estimate of drug-likeness (QED) is 0.843. The third kappa shape index (κ3) is 4.07. The molecule has 0 bridgehead atoms. The second-order valence-electron chi connectivity index (χ2n) is 5.88. The number of benzene rings is 1. The van der Waals surface area contributed by atoms with Crippen LogP contribution in [0.1, 0.15) is 36.8 Å². The summed E-state index contributed by atoms with van der Waals surface area (Å²) in [4.78, 5) is 22.4. The van der Waals surface area contributed by atoms with Crippen LogP contribution < -0.4 is 5.32 Å². The highest BCUT2D eigenvalue weighted by atomic mass is 16.5. The number of hydrogen-bond acceptors (Lipinski definition) is 3. The molecular weight excluding hydrogens is 282 g/mol. The zero-order valence-corrected chi connectivity index (χ0v) is 12.9. The van der Waals surface area contributed by atoms with Crippen molar-refractivity contribution < 1.29 is 19.4 Å². The molecule has 2 rings (SSSR count). The van der Waals surface area contributed by atoms with Gasteiger partial charge in [-0.3, -0.25) is 9.59 Å². The Morgan fingerprint density at radius 1 is 1.23 bits per heavy atom. The Morgan fingerprint density at radius 3 is 2.55 bits per heavy atom. The minimum atomic E-state index is -0.949. The van der Waals surface area contributed by atoms with E-state index in [0.717, 1.165) is 12.8 Å². The lowest BCUT2D eigenvalue weighted by Gasteiger charge is -2.39. The fraction of sp³-hybridized carbons (Fsp3) is 0.529. The summed E-state index contributed by atoms with van der Waals surface area (Å²) in [5, 5.41) is 11.6. The molecule has 1 heterocycles. The largest absolute Gasteiger partial charge is 0.481 e. The summed E-state index contributed by atoms with van der Waals surface area (Å²) in [7, 11) is 0. The zero-order chi connectivity index (χ0) is 16.0. The lowest BCUT2D eigenvalue weighted by molar-refractivity contribution is -0.138. The highest BCUT2D eigenvalue weighted by Gasteiger charge is 2.35. The van der Waals surface area contributed by atoms with Crippen LogP contribution in [0.25, 0.3) is 0 Å². The summed E-state index contributed by atoms with van der Waals surface area (Å²) in [5.41, 5.74) is 2.34. The Morgan fingerprint density at radius 2 is 1.91 bits per heavy atom. The average Bonchev–Trinajstić information content (AvgIpc) is 2.52. The van der Waals surface area contributed by atoms with Crippen LogP contribution in [0.15, 0.2) is 24.3 Å². The average molecular weight is 305 g/mol. The van der Waals surface area contributed by atoms with Crippen LogP contribution in [0.3, 0.4) is 0 Å². The maximum atomic E-state index is 11.8. The van der Waals surface area contributed by atoms with Crippen LogP contribution in [0, 0.1) is 6.92 Å². The molecule has 1 amide bonds. The minimum absolute atomic E-state index is 0.0235. The second-order valence-corrected chi connectivity index (χ2v) is 5.88. The first kappa shape index (κ1) is 16.5. The van der Waals surface area contributed by atoms with Gasteiger partial charge in [-0.1, -0.05) is 24.3 Å². The number of ether oxygens (including phenoxy) is 1. The van der Waals surface area contributed by atoms with E-state index in [1.165, 1.54) is 11.1 Å². The van der Waals surface area contributed by atoms with Crippen molar-refractivity contribution in [1.29, 1.82) is 0 Å². The molecule has 1 aromatic rings. The highest BCUT2D eigenvalue weighted by Crippen LogP contribution is 2.36. The summed E-state index contributed by atoms with van der Waals surface area (Å²) in [6.45, 7) is 3.97. The van der Waals surface area contributed by atoms with Crippen LogP contribution in [-0.2, 0) is 19.7 Å². The van der Waals surface area contributed by atoms with Crippen molar-refractivity contribution in [2.24, 2.45) is 0 Å². The summed E-state index contributed by atoms with van der Waals surface area (Å²) in [6.07, 6.45) is 1.61. The Bertz CT molecular complexity index is 535. The molecule has 1 saturated heterocycles. The molecule has 0 aliphatic carbocycles. The molecule has 120 valence electrons. The lowest BCUT2D eigenvalue weighted by Crippen LogP contribution is -2.45. The maximum Gasteiger partial charge on any atom is 0.303 e. The SMILES string of the molecule is Cc1ccccc1C1(CNC(=O)CCC(=O)O)CCOCC1. The predicted octanol–water partition coefficient (Wildman–Crippen LogP) is 2.02. The summed E-state index contributed by atoms with van der Waals surface area (Å²) < 4.78 is 5.48. The van der Waals surface area contributed by atoms with E-state index in [4.69, 9.17) is 9.84 Å². The van der Waals surface area contributed by atoms with Gasteiger partial charge in [-0.05, 0) is 30.9 Å². The summed E-state index contributed by atoms with van der Waals surface area (Å²) >= 11 is 0. The van der Waals surface area contributed by atoms with Crippen molar-refractivity contribution >= 4 is 11.9 Å². The molecule has 1 aliphatic rings. The molecule has 2 N–H and O–H groups in total. The van der Waals surface area contributed by atoms with Gasteiger partial charge >= 0.3 is 5.97 Å². The number of nitrogens with one attached hydrogen (secondary N) is 1. The van der Waals surface area contributed by atoms with Crippen LogP contribution in [0.2, 0.25) is 0 Å². The predicted molar refractivity (Wildman–Crippen MR) is 82.8 cm³/mol. The molecule has 5 nitrogen and oxygen atoms in total. The van der Waals surface area contributed by atoms with E-state index >= 15 is 0 Å². The van der Waals surface area contributed by atoms with E-state index in [2.05, 4.69) is 24.4 Å². The lowest BCUT2D eigenvalue weighted by atomic mass is 9.72. The number of amides is 1. The Kier molecular flexibility index (Phi) is 5.55. The molecule has 22 heavy (non-hydrogen) atoms.